The third-order valence-corrected chi connectivity index (χ3v) is 3.75. The van der Waals surface area contributed by atoms with Gasteiger partial charge in [0.1, 0.15) is 5.60 Å². The van der Waals surface area contributed by atoms with E-state index >= 15 is 0 Å². The summed E-state index contributed by atoms with van der Waals surface area (Å²) < 4.78 is 6.10. The molecule has 19 heavy (non-hydrogen) atoms. The molecular weight excluding hydrogens is 238 g/mol. The van der Waals surface area contributed by atoms with Gasteiger partial charge in [-0.05, 0) is 39.8 Å². The highest BCUT2D eigenvalue weighted by molar-refractivity contribution is 5.15. The van der Waals surface area contributed by atoms with Gasteiger partial charge in [0, 0.05) is 18.8 Å². The number of nitrogens with one attached hydrogen (secondary N) is 1. The summed E-state index contributed by atoms with van der Waals surface area (Å²) in [7, 11) is 1.94. The van der Waals surface area contributed by atoms with Crippen molar-refractivity contribution in [1.29, 1.82) is 0 Å². The van der Waals surface area contributed by atoms with Crippen LogP contribution in [0.3, 0.4) is 0 Å². The Labute approximate surface area is 116 Å². The highest BCUT2D eigenvalue weighted by Crippen LogP contribution is 2.38. The van der Waals surface area contributed by atoms with Crippen LogP contribution in [-0.4, -0.2) is 23.6 Å². The number of nitrogens with zero attached hydrogens (tertiary/aromatic N) is 2. The summed E-state index contributed by atoms with van der Waals surface area (Å²) in [6.45, 7) is 5.59. The van der Waals surface area contributed by atoms with Crippen molar-refractivity contribution in [1.82, 2.24) is 15.3 Å². The molecule has 1 aromatic heterocycles. The molecule has 1 aliphatic rings. The first kappa shape index (κ1) is 14.4. The zero-order valence-corrected chi connectivity index (χ0v) is 12.3. The van der Waals surface area contributed by atoms with Crippen LogP contribution in [-0.2, 0) is 16.9 Å². The summed E-state index contributed by atoms with van der Waals surface area (Å²) >= 11 is 0. The van der Waals surface area contributed by atoms with Gasteiger partial charge in [0.2, 0.25) is 0 Å². The molecule has 2 rings (SSSR count). The van der Waals surface area contributed by atoms with Crippen LogP contribution in [0.1, 0.15) is 56.2 Å². The molecule has 1 N–H and O–H groups in total. The molecule has 1 aromatic rings. The average Bonchev–Trinajstić information content (AvgIpc) is 2.40. The fourth-order valence-corrected chi connectivity index (χ4v) is 2.94. The minimum absolute atomic E-state index is 0.249. The van der Waals surface area contributed by atoms with Crippen molar-refractivity contribution in [3.05, 3.63) is 23.3 Å². The average molecular weight is 263 g/mol. The van der Waals surface area contributed by atoms with Gasteiger partial charge in [0.05, 0.1) is 5.69 Å². The number of aromatic nitrogens is 2. The minimum Gasteiger partial charge on any atom is -0.367 e. The van der Waals surface area contributed by atoms with E-state index in [0.29, 0.717) is 0 Å². The maximum atomic E-state index is 6.10. The van der Waals surface area contributed by atoms with Crippen LogP contribution in [0.4, 0.5) is 0 Å². The van der Waals surface area contributed by atoms with Crippen LogP contribution in [0.5, 0.6) is 0 Å². The fourth-order valence-electron chi connectivity index (χ4n) is 2.94. The molecule has 106 valence electrons. The number of hydrogen-bond donors (Lipinski definition) is 1. The minimum atomic E-state index is -0.249. The number of ether oxygens (including phenoxy) is 1. The van der Waals surface area contributed by atoms with E-state index in [-0.39, 0.29) is 5.60 Å². The second-order valence-corrected chi connectivity index (χ2v) is 5.34. The lowest BCUT2D eigenvalue weighted by Crippen LogP contribution is -2.35. The van der Waals surface area contributed by atoms with Gasteiger partial charge in [-0.3, -0.25) is 0 Å². The predicted molar refractivity (Wildman–Crippen MR) is 75.9 cm³/mol. The molecule has 1 saturated carbocycles. The summed E-state index contributed by atoms with van der Waals surface area (Å²) in [5, 5.41) is 3.15. The molecule has 0 saturated heterocycles. The SMILES string of the molecule is CCOC1(c2nc(C)cc(CNC)n2)CCCCC1. The molecule has 1 heterocycles. The van der Waals surface area contributed by atoms with Crippen LogP contribution < -0.4 is 5.32 Å². The van der Waals surface area contributed by atoms with E-state index in [1.54, 1.807) is 0 Å². The molecule has 0 spiro atoms. The van der Waals surface area contributed by atoms with E-state index in [9.17, 15) is 0 Å². The highest BCUT2D eigenvalue weighted by Gasteiger charge is 2.37. The van der Waals surface area contributed by atoms with Crippen molar-refractivity contribution in [3.8, 4) is 0 Å². The second-order valence-electron chi connectivity index (χ2n) is 5.34. The van der Waals surface area contributed by atoms with Crippen LogP contribution >= 0.6 is 0 Å². The Morgan fingerprint density at radius 2 is 2.00 bits per heavy atom. The number of hydrogen-bond acceptors (Lipinski definition) is 4. The monoisotopic (exact) mass is 263 g/mol. The molecule has 0 atom stereocenters. The van der Waals surface area contributed by atoms with Crippen molar-refractivity contribution in [2.75, 3.05) is 13.7 Å². The van der Waals surface area contributed by atoms with Crippen LogP contribution in [0, 0.1) is 6.92 Å². The van der Waals surface area contributed by atoms with Gasteiger partial charge in [-0.25, -0.2) is 9.97 Å². The Balaban J connectivity index is 2.34. The molecule has 4 heteroatoms. The Morgan fingerprint density at radius 1 is 1.26 bits per heavy atom. The van der Waals surface area contributed by atoms with Gasteiger partial charge >= 0.3 is 0 Å². The molecule has 0 amide bonds. The summed E-state index contributed by atoms with van der Waals surface area (Å²) in [5.74, 6) is 0.888. The molecule has 0 unspecified atom stereocenters. The van der Waals surface area contributed by atoms with E-state index in [1.807, 2.05) is 20.0 Å². The van der Waals surface area contributed by atoms with Gasteiger partial charge in [-0.15, -0.1) is 0 Å². The lowest BCUT2D eigenvalue weighted by molar-refractivity contribution is -0.0769. The zero-order valence-electron chi connectivity index (χ0n) is 12.3. The van der Waals surface area contributed by atoms with E-state index in [0.717, 1.165) is 43.2 Å². The fraction of sp³-hybridized carbons (Fsp3) is 0.733. The Kier molecular flexibility index (Phi) is 4.88. The summed E-state index contributed by atoms with van der Waals surface area (Å²) in [4.78, 5) is 9.41. The lowest BCUT2D eigenvalue weighted by Gasteiger charge is -2.35. The molecule has 0 bridgehead atoms. The van der Waals surface area contributed by atoms with E-state index < -0.39 is 0 Å². The molecule has 0 radical (unpaired) electrons. The van der Waals surface area contributed by atoms with Crippen LogP contribution in [0.25, 0.3) is 0 Å². The van der Waals surface area contributed by atoms with Crippen molar-refractivity contribution in [2.45, 2.75) is 58.1 Å². The Morgan fingerprint density at radius 3 is 2.63 bits per heavy atom. The summed E-state index contributed by atoms with van der Waals surface area (Å²) in [6, 6.07) is 2.04. The van der Waals surface area contributed by atoms with Crippen LogP contribution in [0.2, 0.25) is 0 Å². The summed E-state index contributed by atoms with van der Waals surface area (Å²) in [5.41, 5.74) is 1.83. The molecule has 1 fully saturated rings. The van der Waals surface area contributed by atoms with Crippen LogP contribution in [0.15, 0.2) is 6.07 Å². The topological polar surface area (TPSA) is 47.0 Å². The third kappa shape index (κ3) is 3.31. The first-order valence-electron chi connectivity index (χ1n) is 7.34. The van der Waals surface area contributed by atoms with Crippen molar-refractivity contribution < 1.29 is 4.74 Å². The number of aryl methyl sites for hydroxylation is 1. The largest absolute Gasteiger partial charge is 0.367 e. The lowest BCUT2D eigenvalue weighted by atomic mass is 9.83. The van der Waals surface area contributed by atoms with Gasteiger partial charge in [-0.1, -0.05) is 19.3 Å². The highest BCUT2D eigenvalue weighted by atomic mass is 16.5. The first-order chi connectivity index (χ1) is 9.20. The summed E-state index contributed by atoms with van der Waals surface area (Å²) in [6.07, 6.45) is 5.80. The number of rotatable bonds is 5. The first-order valence-corrected chi connectivity index (χ1v) is 7.34. The second kappa shape index (κ2) is 6.44. The normalized spacial score (nSPS) is 18.5. The zero-order chi connectivity index (χ0) is 13.7. The standard InChI is InChI=1S/C15H25N3O/c1-4-19-15(8-6-5-7-9-15)14-17-12(2)10-13(18-14)11-16-3/h10,16H,4-9,11H2,1-3H3. The van der Waals surface area contributed by atoms with E-state index in [2.05, 4.69) is 17.2 Å². The van der Waals surface area contributed by atoms with Crippen molar-refractivity contribution >= 4 is 0 Å². The van der Waals surface area contributed by atoms with E-state index in [4.69, 9.17) is 9.72 Å². The Hall–Kier alpha value is -1.00. The maximum Gasteiger partial charge on any atom is 0.160 e. The van der Waals surface area contributed by atoms with Gasteiger partial charge in [0.15, 0.2) is 5.82 Å². The Bertz CT molecular complexity index is 408. The maximum absolute atomic E-state index is 6.10. The molecule has 0 aliphatic heterocycles. The van der Waals surface area contributed by atoms with Crippen molar-refractivity contribution in [3.63, 3.8) is 0 Å². The third-order valence-electron chi connectivity index (χ3n) is 3.75. The smallest absolute Gasteiger partial charge is 0.160 e. The van der Waals surface area contributed by atoms with Gasteiger partial charge in [-0.2, -0.15) is 0 Å². The molecule has 4 nitrogen and oxygen atoms in total. The van der Waals surface area contributed by atoms with E-state index in [1.165, 1.54) is 19.3 Å². The van der Waals surface area contributed by atoms with Gasteiger partial charge in [0.25, 0.3) is 0 Å². The molecule has 0 aromatic carbocycles. The van der Waals surface area contributed by atoms with Crippen molar-refractivity contribution in [2.24, 2.45) is 0 Å². The molecule has 1 aliphatic carbocycles. The molecular formula is C15H25N3O. The predicted octanol–water partition coefficient (Wildman–Crippen LogP) is 2.70. The quantitative estimate of drug-likeness (QED) is 0.887. The van der Waals surface area contributed by atoms with Gasteiger partial charge < -0.3 is 10.1 Å².